The van der Waals surface area contributed by atoms with Crippen LogP contribution >= 0.6 is 0 Å². The van der Waals surface area contributed by atoms with Crippen LogP contribution in [-0.4, -0.2) is 47.4 Å². The number of nitrogens with zero attached hydrogens (tertiary/aromatic N) is 2. The maximum absolute atomic E-state index is 12.7. The molecule has 1 saturated carbocycles. The SMILES string of the molecule is CC[C@@H](C)[C@@H](NC(=O)COC(=O)c1cc(C2CC2)nn1-c1ccccc1)C(=O)OC. The minimum Gasteiger partial charge on any atom is -0.467 e. The van der Waals surface area contributed by atoms with Crippen LogP contribution in [0.4, 0.5) is 0 Å². The number of benzene rings is 1. The molecule has 30 heavy (non-hydrogen) atoms. The van der Waals surface area contributed by atoms with Crippen LogP contribution in [0.3, 0.4) is 0 Å². The number of methoxy groups -OCH3 is 1. The van der Waals surface area contributed by atoms with Crippen molar-refractivity contribution in [3.8, 4) is 5.69 Å². The molecule has 8 heteroatoms. The van der Waals surface area contributed by atoms with E-state index in [0.29, 0.717) is 12.3 Å². The zero-order valence-electron chi connectivity index (χ0n) is 17.5. The highest BCUT2D eigenvalue weighted by molar-refractivity contribution is 5.91. The van der Waals surface area contributed by atoms with E-state index in [0.717, 1.165) is 24.2 Å². The Labute approximate surface area is 175 Å². The van der Waals surface area contributed by atoms with Crippen molar-refractivity contribution in [1.82, 2.24) is 15.1 Å². The second-order valence-corrected chi connectivity index (χ2v) is 7.51. The molecular formula is C22H27N3O5. The minimum absolute atomic E-state index is 0.113. The zero-order chi connectivity index (χ0) is 21.7. The van der Waals surface area contributed by atoms with E-state index in [-0.39, 0.29) is 11.6 Å². The summed E-state index contributed by atoms with van der Waals surface area (Å²) in [5, 5.41) is 7.15. The van der Waals surface area contributed by atoms with Crippen molar-refractivity contribution in [3.63, 3.8) is 0 Å². The van der Waals surface area contributed by atoms with Crippen molar-refractivity contribution >= 4 is 17.8 Å². The third kappa shape index (κ3) is 5.06. The number of para-hydroxylation sites is 1. The van der Waals surface area contributed by atoms with Crippen LogP contribution in [-0.2, 0) is 19.1 Å². The number of carbonyl (C=O) groups is 3. The highest BCUT2D eigenvalue weighted by Crippen LogP contribution is 2.39. The average molecular weight is 413 g/mol. The van der Waals surface area contributed by atoms with Crippen molar-refractivity contribution in [2.75, 3.05) is 13.7 Å². The smallest absolute Gasteiger partial charge is 0.357 e. The molecule has 0 unspecified atom stereocenters. The number of ether oxygens (including phenoxy) is 2. The van der Waals surface area contributed by atoms with E-state index in [1.165, 1.54) is 7.11 Å². The number of aromatic nitrogens is 2. The monoisotopic (exact) mass is 413 g/mol. The van der Waals surface area contributed by atoms with Crippen molar-refractivity contribution in [2.45, 2.75) is 45.1 Å². The lowest BCUT2D eigenvalue weighted by Crippen LogP contribution is -2.47. The second kappa shape index (κ2) is 9.56. The molecule has 1 heterocycles. The summed E-state index contributed by atoms with van der Waals surface area (Å²) in [4.78, 5) is 36.9. The number of amides is 1. The van der Waals surface area contributed by atoms with Crippen LogP contribution in [0.25, 0.3) is 5.69 Å². The summed E-state index contributed by atoms with van der Waals surface area (Å²) < 4.78 is 11.5. The van der Waals surface area contributed by atoms with Gasteiger partial charge < -0.3 is 14.8 Å². The molecule has 0 saturated heterocycles. The van der Waals surface area contributed by atoms with E-state index in [2.05, 4.69) is 10.4 Å². The zero-order valence-corrected chi connectivity index (χ0v) is 17.5. The van der Waals surface area contributed by atoms with Gasteiger partial charge in [-0.25, -0.2) is 14.3 Å². The molecule has 160 valence electrons. The predicted molar refractivity (Wildman–Crippen MR) is 109 cm³/mol. The molecule has 1 aliphatic carbocycles. The second-order valence-electron chi connectivity index (χ2n) is 7.51. The molecule has 1 aromatic heterocycles. The Morgan fingerprint density at radius 1 is 1.23 bits per heavy atom. The molecule has 0 bridgehead atoms. The number of carbonyl (C=O) groups excluding carboxylic acids is 3. The first kappa shape index (κ1) is 21.5. The number of hydrogen-bond donors (Lipinski definition) is 1. The normalized spacial score (nSPS) is 15.2. The topological polar surface area (TPSA) is 99.5 Å². The fraction of sp³-hybridized carbons (Fsp3) is 0.455. The van der Waals surface area contributed by atoms with Crippen LogP contribution in [0.5, 0.6) is 0 Å². The van der Waals surface area contributed by atoms with Crippen molar-refractivity contribution in [1.29, 1.82) is 0 Å². The molecule has 3 rings (SSSR count). The van der Waals surface area contributed by atoms with E-state index >= 15 is 0 Å². The molecule has 2 atom stereocenters. The van der Waals surface area contributed by atoms with Gasteiger partial charge in [-0.1, -0.05) is 38.5 Å². The van der Waals surface area contributed by atoms with E-state index in [1.807, 2.05) is 44.2 Å². The first-order valence-electron chi connectivity index (χ1n) is 10.1. The quantitative estimate of drug-likeness (QED) is 0.635. The Bertz CT molecular complexity index is 905. The van der Waals surface area contributed by atoms with Crippen LogP contribution in [0.2, 0.25) is 0 Å². The average Bonchev–Trinajstić information content (AvgIpc) is 3.53. The molecule has 1 N–H and O–H groups in total. The fourth-order valence-electron chi connectivity index (χ4n) is 3.11. The van der Waals surface area contributed by atoms with Crippen LogP contribution in [0, 0.1) is 5.92 Å². The third-order valence-electron chi connectivity index (χ3n) is 5.25. The van der Waals surface area contributed by atoms with E-state index < -0.39 is 30.5 Å². The number of rotatable bonds is 9. The summed E-state index contributed by atoms with van der Waals surface area (Å²) in [7, 11) is 1.27. The van der Waals surface area contributed by atoms with Crippen molar-refractivity contribution < 1.29 is 23.9 Å². The molecule has 1 fully saturated rings. The highest BCUT2D eigenvalue weighted by atomic mass is 16.5. The maximum Gasteiger partial charge on any atom is 0.357 e. The first-order chi connectivity index (χ1) is 14.4. The Morgan fingerprint density at radius 3 is 2.53 bits per heavy atom. The Hall–Kier alpha value is -3.16. The van der Waals surface area contributed by atoms with Crippen LogP contribution < -0.4 is 5.32 Å². The molecule has 0 spiro atoms. The van der Waals surface area contributed by atoms with Gasteiger partial charge in [0, 0.05) is 5.92 Å². The van der Waals surface area contributed by atoms with Gasteiger partial charge in [0.25, 0.3) is 5.91 Å². The molecule has 1 aromatic carbocycles. The molecule has 2 aromatic rings. The molecule has 1 amide bonds. The lowest BCUT2D eigenvalue weighted by Gasteiger charge is -2.21. The van der Waals surface area contributed by atoms with Gasteiger partial charge in [-0.2, -0.15) is 5.10 Å². The van der Waals surface area contributed by atoms with Gasteiger partial charge in [0.15, 0.2) is 12.3 Å². The molecular weight excluding hydrogens is 386 g/mol. The minimum atomic E-state index is -0.789. The van der Waals surface area contributed by atoms with Gasteiger partial charge in [0.2, 0.25) is 0 Å². The Morgan fingerprint density at radius 2 is 1.93 bits per heavy atom. The van der Waals surface area contributed by atoms with Gasteiger partial charge >= 0.3 is 11.9 Å². The maximum atomic E-state index is 12.7. The first-order valence-corrected chi connectivity index (χ1v) is 10.1. The summed E-state index contributed by atoms with van der Waals surface area (Å²) in [5.74, 6) is -1.49. The number of hydrogen-bond acceptors (Lipinski definition) is 6. The van der Waals surface area contributed by atoms with Crippen LogP contribution in [0.15, 0.2) is 36.4 Å². The Balaban J connectivity index is 1.68. The van der Waals surface area contributed by atoms with E-state index in [1.54, 1.807) is 10.7 Å². The number of esters is 2. The lowest BCUT2D eigenvalue weighted by atomic mass is 9.99. The van der Waals surface area contributed by atoms with Gasteiger partial charge in [0.05, 0.1) is 18.5 Å². The molecule has 1 aliphatic rings. The molecule has 8 nitrogen and oxygen atoms in total. The van der Waals surface area contributed by atoms with Crippen molar-refractivity contribution in [2.24, 2.45) is 5.92 Å². The summed E-state index contributed by atoms with van der Waals surface area (Å²) in [5.41, 5.74) is 1.85. The predicted octanol–water partition coefficient (Wildman–Crippen LogP) is 2.61. The standard InChI is InChI=1S/C22H27N3O5/c1-4-14(2)20(22(28)29-3)23-19(26)13-30-21(27)18-12-17(15-10-11-15)24-25(18)16-8-6-5-7-9-16/h5-9,12,14-15,20H,4,10-11,13H2,1-3H3,(H,23,26)/t14-,20-/m1/s1. The highest BCUT2D eigenvalue weighted by Gasteiger charge is 2.30. The molecule has 0 aliphatic heterocycles. The summed E-state index contributed by atoms with van der Waals surface area (Å²) in [6.45, 7) is 3.25. The van der Waals surface area contributed by atoms with Gasteiger partial charge in [-0.05, 0) is 37.0 Å². The van der Waals surface area contributed by atoms with Crippen molar-refractivity contribution in [3.05, 3.63) is 47.8 Å². The third-order valence-corrected chi connectivity index (χ3v) is 5.25. The molecule has 0 radical (unpaired) electrons. The summed E-state index contributed by atoms with van der Waals surface area (Å²) in [6.07, 6.45) is 2.78. The van der Waals surface area contributed by atoms with Gasteiger partial charge in [-0.3, -0.25) is 4.79 Å². The fourth-order valence-corrected chi connectivity index (χ4v) is 3.11. The van der Waals surface area contributed by atoms with Gasteiger partial charge in [0.1, 0.15) is 6.04 Å². The number of nitrogens with one attached hydrogen (secondary N) is 1. The lowest BCUT2D eigenvalue weighted by molar-refractivity contribution is -0.147. The van der Waals surface area contributed by atoms with E-state index in [9.17, 15) is 14.4 Å². The van der Waals surface area contributed by atoms with Gasteiger partial charge in [-0.15, -0.1) is 0 Å². The summed E-state index contributed by atoms with van der Waals surface area (Å²) >= 11 is 0. The van der Waals surface area contributed by atoms with E-state index in [4.69, 9.17) is 9.47 Å². The summed E-state index contributed by atoms with van der Waals surface area (Å²) in [6, 6.07) is 10.2. The van der Waals surface area contributed by atoms with Crippen LogP contribution in [0.1, 0.15) is 55.2 Å². The Kier molecular flexibility index (Phi) is 6.87. The largest absolute Gasteiger partial charge is 0.467 e.